The Morgan fingerprint density at radius 3 is 1.50 bits per heavy atom. The van der Waals surface area contributed by atoms with E-state index in [9.17, 15) is 0 Å². The van der Waals surface area contributed by atoms with Crippen molar-refractivity contribution in [2.45, 2.75) is 38.5 Å². The second-order valence-electron chi connectivity index (χ2n) is 5.57. The van der Waals surface area contributed by atoms with Crippen molar-refractivity contribution in [1.29, 1.82) is 0 Å². The van der Waals surface area contributed by atoms with Gasteiger partial charge in [0.2, 0.25) is 0 Å². The zero-order valence-electron chi connectivity index (χ0n) is 11.2. The average Bonchev–Trinajstić information content (AvgIpc) is 2.32. The van der Waals surface area contributed by atoms with Crippen LogP contribution in [-0.4, -0.2) is 0 Å². The number of hydrogen-bond acceptors (Lipinski definition) is 0. The molecule has 1 aliphatic carbocycles. The molecule has 0 saturated heterocycles. The summed E-state index contributed by atoms with van der Waals surface area (Å²) >= 11 is 0. The molecule has 1 fully saturated rings. The van der Waals surface area contributed by atoms with E-state index < -0.39 is 0 Å². The van der Waals surface area contributed by atoms with E-state index in [4.69, 9.17) is 0 Å². The third kappa shape index (κ3) is 1.59. The van der Waals surface area contributed by atoms with Gasteiger partial charge in [0.15, 0.2) is 0 Å². The van der Waals surface area contributed by atoms with Gasteiger partial charge in [0.1, 0.15) is 0 Å². The van der Waals surface area contributed by atoms with Crippen LogP contribution in [0.3, 0.4) is 0 Å². The molecule has 0 aromatic heterocycles. The van der Waals surface area contributed by atoms with Crippen molar-refractivity contribution in [3.63, 3.8) is 0 Å². The van der Waals surface area contributed by atoms with Crippen molar-refractivity contribution >= 4 is 0 Å². The molecule has 3 rings (SSSR count). The summed E-state index contributed by atoms with van der Waals surface area (Å²) < 4.78 is 0. The van der Waals surface area contributed by atoms with Crippen LogP contribution >= 0.6 is 0 Å². The van der Waals surface area contributed by atoms with Crippen LogP contribution in [-0.2, 0) is 5.41 Å². The molecule has 0 amide bonds. The van der Waals surface area contributed by atoms with E-state index in [0.717, 1.165) is 0 Å². The summed E-state index contributed by atoms with van der Waals surface area (Å²) in [6.45, 7) is 4.49. The van der Waals surface area contributed by atoms with Gasteiger partial charge in [0.25, 0.3) is 0 Å². The Labute approximate surface area is 110 Å². The number of hydrogen-bond donors (Lipinski definition) is 0. The molecule has 0 aliphatic heterocycles. The van der Waals surface area contributed by atoms with E-state index in [1.54, 1.807) is 0 Å². The van der Waals surface area contributed by atoms with Gasteiger partial charge in [0, 0.05) is 5.41 Å². The molecule has 92 valence electrons. The highest BCUT2D eigenvalue weighted by Gasteiger charge is 2.41. The molecule has 0 bridgehead atoms. The second kappa shape index (κ2) is 4.28. The SMILES string of the molecule is Cc1ccccc1C1(c2ccccc2C)CCC1. The van der Waals surface area contributed by atoms with Crippen LogP contribution in [0.4, 0.5) is 0 Å². The summed E-state index contributed by atoms with van der Waals surface area (Å²) in [5, 5.41) is 0. The van der Waals surface area contributed by atoms with E-state index in [2.05, 4.69) is 62.4 Å². The van der Waals surface area contributed by atoms with Gasteiger partial charge >= 0.3 is 0 Å². The highest BCUT2D eigenvalue weighted by Crippen LogP contribution is 2.50. The van der Waals surface area contributed by atoms with E-state index in [0.29, 0.717) is 0 Å². The number of rotatable bonds is 2. The maximum absolute atomic E-state index is 2.32. The van der Waals surface area contributed by atoms with Crippen LogP contribution in [0.2, 0.25) is 0 Å². The minimum absolute atomic E-state index is 0.288. The van der Waals surface area contributed by atoms with E-state index in [1.165, 1.54) is 41.5 Å². The van der Waals surface area contributed by atoms with Crippen molar-refractivity contribution in [2.75, 3.05) is 0 Å². The Balaban J connectivity index is 2.17. The Morgan fingerprint density at radius 1 is 0.722 bits per heavy atom. The monoisotopic (exact) mass is 236 g/mol. The van der Waals surface area contributed by atoms with Gasteiger partial charge < -0.3 is 0 Å². The second-order valence-corrected chi connectivity index (χ2v) is 5.57. The molecule has 18 heavy (non-hydrogen) atoms. The van der Waals surface area contributed by atoms with Crippen molar-refractivity contribution in [2.24, 2.45) is 0 Å². The van der Waals surface area contributed by atoms with Crippen molar-refractivity contribution in [3.05, 3.63) is 70.8 Å². The predicted octanol–water partition coefficient (Wildman–Crippen LogP) is 4.77. The van der Waals surface area contributed by atoms with Crippen LogP contribution in [0, 0.1) is 13.8 Å². The van der Waals surface area contributed by atoms with Crippen molar-refractivity contribution in [3.8, 4) is 0 Å². The molecule has 1 saturated carbocycles. The van der Waals surface area contributed by atoms with Crippen LogP contribution < -0.4 is 0 Å². The quantitative estimate of drug-likeness (QED) is 0.704. The summed E-state index contributed by atoms with van der Waals surface area (Å²) in [5.74, 6) is 0. The van der Waals surface area contributed by atoms with Crippen LogP contribution in [0.5, 0.6) is 0 Å². The Kier molecular flexibility index (Phi) is 2.74. The van der Waals surface area contributed by atoms with E-state index in [-0.39, 0.29) is 5.41 Å². The van der Waals surface area contributed by atoms with E-state index >= 15 is 0 Å². The Morgan fingerprint density at radius 2 is 1.17 bits per heavy atom. The lowest BCUT2D eigenvalue weighted by Gasteiger charge is -2.45. The molecule has 0 atom stereocenters. The molecule has 2 aromatic rings. The van der Waals surface area contributed by atoms with E-state index in [1.807, 2.05) is 0 Å². The summed E-state index contributed by atoms with van der Waals surface area (Å²) in [5.41, 5.74) is 6.22. The Hall–Kier alpha value is -1.56. The van der Waals surface area contributed by atoms with Gasteiger partial charge in [-0.2, -0.15) is 0 Å². The fourth-order valence-corrected chi connectivity index (χ4v) is 3.43. The lowest BCUT2D eigenvalue weighted by atomic mass is 9.59. The zero-order chi connectivity index (χ0) is 12.6. The third-order valence-corrected chi connectivity index (χ3v) is 4.53. The topological polar surface area (TPSA) is 0 Å². The first-order valence-electron chi connectivity index (χ1n) is 6.86. The van der Waals surface area contributed by atoms with Gasteiger partial charge in [-0.1, -0.05) is 55.0 Å². The average molecular weight is 236 g/mol. The normalized spacial score (nSPS) is 17.2. The van der Waals surface area contributed by atoms with Crippen LogP contribution in [0.15, 0.2) is 48.5 Å². The standard InChI is InChI=1S/C18H20/c1-14-8-3-5-10-16(14)18(12-7-13-18)17-11-6-4-9-15(17)2/h3-6,8-11H,7,12-13H2,1-2H3. The van der Waals surface area contributed by atoms with Gasteiger partial charge in [-0.3, -0.25) is 0 Å². The Bertz CT molecular complexity index is 514. The predicted molar refractivity (Wildman–Crippen MR) is 77.0 cm³/mol. The smallest absolute Gasteiger partial charge is 0.0208 e. The fourth-order valence-electron chi connectivity index (χ4n) is 3.43. The molecule has 0 heterocycles. The largest absolute Gasteiger partial charge is 0.0620 e. The summed E-state index contributed by atoms with van der Waals surface area (Å²) in [4.78, 5) is 0. The number of benzene rings is 2. The minimum atomic E-state index is 0.288. The molecule has 1 aliphatic rings. The highest BCUT2D eigenvalue weighted by molar-refractivity contribution is 5.48. The molecule has 0 unspecified atom stereocenters. The van der Waals surface area contributed by atoms with Crippen LogP contribution in [0.1, 0.15) is 41.5 Å². The minimum Gasteiger partial charge on any atom is -0.0620 e. The molecule has 2 aromatic carbocycles. The van der Waals surface area contributed by atoms with Crippen LogP contribution in [0.25, 0.3) is 0 Å². The molecule has 0 N–H and O–H groups in total. The molecule has 0 spiro atoms. The van der Waals surface area contributed by atoms with Gasteiger partial charge in [-0.05, 0) is 48.9 Å². The lowest BCUT2D eigenvalue weighted by molar-refractivity contribution is 0.299. The van der Waals surface area contributed by atoms with Crippen molar-refractivity contribution < 1.29 is 0 Å². The number of aryl methyl sites for hydroxylation is 2. The lowest BCUT2D eigenvalue weighted by Crippen LogP contribution is -2.36. The maximum Gasteiger partial charge on any atom is 0.0208 e. The zero-order valence-corrected chi connectivity index (χ0v) is 11.2. The van der Waals surface area contributed by atoms with Crippen molar-refractivity contribution in [1.82, 2.24) is 0 Å². The maximum atomic E-state index is 2.32. The first-order valence-corrected chi connectivity index (χ1v) is 6.86. The summed E-state index contributed by atoms with van der Waals surface area (Å²) in [6, 6.07) is 17.8. The first-order chi connectivity index (χ1) is 8.74. The summed E-state index contributed by atoms with van der Waals surface area (Å²) in [7, 11) is 0. The molecule has 0 radical (unpaired) electrons. The summed E-state index contributed by atoms with van der Waals surface area (Å²) in [6.07, 6.45) is 3.94. The molecule has 0 heteroatoms. The fraction of sp³-hybridized carbons (Fsp3) is 0.333. The third-order valence-electron chi connectivity index (χ3n) is 4.53. The molecule has 0 nitrogen and oxygen atoms in total. The highest BCUT2D eigenvalue weighted by atomic mass is 14.4. The molecular weight excluding hydrogens is 216 g/mol. The van der Waals surface area contributed by atoms with Gasteiger partial charge in [-0.25, -0.2) is 0 Å². The van der Waals surface area contributed by atoms with Gasteiger partial charge in [0.05, 0.1) is 0 Å². The molecular formula is C18H20. The first kappa shape index (κ1) is 11.5. The van der Waals surface area contributed by atoms with Gasteiger partial charge in [-0.15, -0.1) is 0 Å².